The monoisotopic (exact) mass is 142 g/mol. The highest BCUT2D eigenvalue weighted by Crippen LogP contribution is 2.28. The molecule has 0 spiro atoms. The molecular weight excluding hydrogens is 136 g/mol. The van der Waals surface area contributed by atoms with Crippen LogP contribution in [0, 0.1) is 5.92 Å². The first-order valence-corrected chi connectivity index (χ1v) is 3.16. The topological polar surface area (TPSA) is 52.6 Å². The minimum atomic E-state index is -0.590. The maximum Gasteiger partial charge on any atom is 0.343 e. The van der Waals surface area contributed by atoms with Gasteiger partial charge in [0, 0.05) is 6.61 Å². The van der Waals surface area contributed by atoms with Gasteiger partial charge in [-0.3, -0.25) is 4.79 Å². The number of rotatable bonds is 0. The quantitative estimate of drug-likeness (QED) is 0.337. The van der Waals surface area contributed by atoms with E-state index in [0.29, 0.717) is 13.0 Å². The van der Waals surface area contributed by atoms with E-state index in [1.807, 2.05) is 0 Å². The molecule has 4 heteroatoms. The first-order chi connectivity index (χ1) is 4.79. The summed E-state index contributed by atoms with van der Waals surface area (Å²) in [5, 5.41) is 0. The summed E-state index contributed by atoms with van der Waals surface area (Å²) in [5.74, 6) is -1.26. The number of carbonyl (C=O) groups excluding carboxylic acids is 2. The number of hydrogen-bond acceptors (Lipinski definition) is 4. The zero-order valence-electron chi connectivity index (χ0n) is 5.20. The molecule has 0 saturated carbocycles. The third-order valence-corrected chi connectivity index (χ3v) is 1.83. The molecule has 0 amide bonds. The minimum Gasteiger partial charge on any atom is -0.391 e. The lowest BCUT2D eigenvalue weighted by Crippen LogP contribution is -2.18. The number of hydrogen-bond donors (Lipinski definition) is 0. The summed E-state index contributed by atoms with van der Waals surface area (Å²) in [4.78, 5) is 21.4. The highest BCUT2D eigenvalue weighted by molar-refractivity contribution is 5.98. The first kappa shape index (κ1) is 5.85. The maximum absolute atomic E-state index is 10.7. The molecule has 2 aliphatic rings. The predicted molar refractivity (Wildman–Crippen MR) is 28.9 cm³/mol. The van der Waals surface area contributed by atoms with Crippen LogP contribution in [-0.4, -0.2) is 24.6 Å². The summed E-state index contributed by atoms with van der Waals surface area (Å²) in [6.45, 7) is 0.496. The normalized spacial score (nSPS) is 38.0. The van der Waals surface area contributed by atoms with Crippen molar-refractivity contribution >= 4 is 11.9 Å². The second-order valence-electron chi connectivity index (χ2n) is 2.43. The van der Waals surface area contributed by atoms with Gasteiger partial charge in [-0.1, -0.05) is 0 Å². The number of carbonyl (C=O) groups is 2. The molecule has 0 N–H and O–H groups in total. The van der Waals surface area contributed by atoms with E-state index < -0.39 is 18.0 Å². The lowest BCUT2D eigenvalue weighted by molar-refractivity contribution is -0.156. The third kappa shape index (κ3) is 0.593. The predicted octanol–water partition coefficient (Wildman–Crippen LogP) is -0.525. The van der Waals surface area contributed by atoms with E-state index >= 15 is 0 Å². The SMILES string of the molecule is O=C1OC(=O)C2OCCC12. The van der Waals surface area contributed by atoms with Crippen molar-refractivity contribution in [3.63, 3.8) is 0 Å². The molecule has 0 bridgehead atoms. The van der Waals surface area contributed by atoms with Gasteiger partial charge in [0.25, 0.3) is 0 Å². The van der Waals surface area contributed by atoms with Gasteiger partial charge < -0.3 is 9.47 Å². The van der Waals surface area contributed by atoms with Gasteiger partial charge in [0.1, 0.15) is 0 Å². The zero-order valence-corrected chi connectivity index (χ0v) is 5.20. The van der Waals surface area contributed by atoms with Gasteiger partial charge in [-0.15, -0.1) is 0 Å². The molecule has 0 aliphatic carbocycles. The molecule has 10 heavy (non-hydrogen) atoms. The lowest BCUT2D eigenvalue weighted by atomic mass is 10.1. The summed E-state index contributed by atoms with van der Waals surface area (Å²) in [6, 6.07) is 0. The van der Waals surface area contributed by atoms with Crippen LogP contribution >= 0.6 is 0 Å². The van der Waals surface area contributed by atoms with Crippen LogP contribution in [0.25, 0.3) is 0 Å². The average molecular weight is 142 g/mol. The fraction of sp³-hybridized carbons (Fsp3) is 0.667. The molecule has 2 rings (SSSR count). The fourth-order valence-corrected chi connectivity index (χ4v) is 1.30. The Hall–Kier alpha value is -0.900. The largest absolute Gasteiger partial charge is 0.391 e. The molecule has 54 valence electrons. The molecule has 4 nitrogen and oxygen atoms in total. The van der Waals surface area contributed by atoms with E-state index in [9.17, 15) is 9.59 Å². The van der Waals surface area contributed by atoms with Crippen LogP contribution in [0.2, 0.25) is 0 Å². The van der Waals surface area contributed by atoms with Gasteiger partial charge in [0.2, 0.25) is 0 Å². The Labute approximate surface area is 57.1 Å². The molecule has 0 aromatic rings. The van der Waals surface area contributed by atoms with Gasteiger partial charge >= 0.3 is 11.9 Å². The molecule has 0 aromatic carbocycles. The van der Waals surface area contributed by atoms with E-state index in [0.717, 1.165) is 0 Å². The molecule has 2 unspecified atom stereocenters. The fourth-order valence-electron chi connectivity index (χ4n) is 1.30. The van der Waals surface area contributed by atoms with Crippen LogP contribution in [0.4, 0.5) is 0 Å². The summed E-state index contributed by atoms with van der Waals surface area (Å²) in [5.41, 5.74) is 0. The van der Waals surface area contributed by atoms with Crippen molar-refractivity contribution in [1.29, 1.82) is 0 Å². The minimum absolute atomic E-state index is 0.313. The van der Waals surface area contributed by atoms with Crippen LogP contribution in [0.15, 0.2) is 0 Å². The van der Waals surface area contributed by atoms with Crippen LogP contribution in [-0.2, 0) is 19.1 Å². The van der Waals surface area contributed by atoms with E-state index in [2.05, 4.69) is 4.74 Å². The van der Waals surface area contributed by atoms with Crippen LogP contribution in [0.5, 0.6) is 0 Å². The van der Waals surface area contributed by atoms with Crippen LogP contribution in [0.3, 0.4) is 0 Å². The Kier molecular flexibility index (Phi) is 1.05. The lowest BCUT2D eigenvalue weighted by Gasteiger charge is -1.96. The van der Waals surface area contributed by atoms with Crippen molar-refractivity contribution in [3.8, 4) is 0 Å². The smallest absolute Gasteiger partial charge is 0.343 e. The standard InChI is InChI=1S/C6H6O4/c7-5-3-1-2-9-4(3)6(8)10-5/h3-4H,1-2H2. The highest BCUT2D eigenvalue weighted by atomic mass is 16.6. The van der Waals surface area contributed by atoms with Gasteiger partial charge in [-0.25, -0.2) is 4.79 Å². The van der Waals surface area contributed by atoms with Crippen molar-refractivity contribution in [1.82, 2.24) is 0 Å². The summed E-state index contributed by atoms with van der Waals surface area (Å²) in [7, 11) is 0. The van der Waals surface area contributed by atoms with E-state index in [4.69, 9.17) is 4.74 Å². The Morgan fingerprint density at radius 3 is 2.80 bits per heavy atom. The molecular formula is C6H6O4. The second-order valence-corrected chi connectivity index (χ2v) is 2.43. The van der Waals surface area contributed by atoms with Crippen molar-refractivity contribution in [2.24, 2.45) is 5.92 Å². The maximum atomic E-state index is 10.7. The number of cyclic esters (lactones) is 2. The van der Waals surface area contributed by atoms with Crippen molar-refractivity contribution in [2.45, 2.75) is 12.5 Å². The molecule has 2 heterocycles. The number of ether oxygens (including phenoxy) is 2. The average Bonchev–Trinajstić information content (AvgIpc) is 2.39. The van der Waals surface area contributed by atoms with Crippen LogP contribution < -0.4 is 0 Å². The molecule has 0 radical (unpaired) electrons. The Morgan fingerprint density at radius 2 is 2.10 bits per heavy atom. The van der Waals surface area contributed by atoms with Gasteiger partial charge in [0.05, 0.1) is 5.92 Å². The molecule has 2 fully saturated rings. The summed E-state index contributed by atoms with van der Waals surface area (Å²) >= 11 is 0. The Balaban J connectivity index is 2.27. The van der Waals surface area contributed by atoms with Crippen molar-refractivity contribution in [3.05, 3.63) is 0 Å². The molecule has 0 aromatic heterocycles. The van der Waals surface area contributed by atoms with E-state index in [-0.39, 0.29) is 5.92 Å². The first-order valence-electron chi connectivity index (χ1n) is 3.16. The number of esters is 2. The van der Waals surface area contributed by atoms with Gasteiger partial charge in [-0.05, 0) is 6.42 Å². The third-order valence-electron chi connectivity index (χ3n) is 1.83. The van der Waals surface area contributed by atoms with E-state index in [1.165, 1.54) is 0 Å². The van der Waals surface area contributed by atoms with Gasteiger partial charge in [0.15, 0.2) is 6.10 Å². The Morgan fingerprint density at radius 1 is 1.30 bits per heavy atom. The van der Waals surface area contributed by atoms with Crippen molar-refractivity contribution in [2.75, 3.05) is 6.61 Å². The molecule has 2 aliphatic heterocycles. The van der Waals surface area contributed by atoms with Crippen molar-refractivity contribution < 1.29 is 19.1 Å². The zero-order chi connectivity index (χ0) is 7.14. The summed E-state index contributed by atoms with van der Waals surface area (Å²) < 4.78 is 9.29. The molecule has 2 atom stereocenters. The number of fused-ring (bicyclic) bond motifs is 1. The highest BCUT2D eigenvalue weighted by Gasteiger charge is 2.48. The van der Waals surface area contributed by atoms with Gasteiger partial charge in [-0.2, -0.15) is 0 Å². The second kappa shape index (κ2) is 1.79. The van der Waals surface area contributed by atoms with Crippen LogP contribution in [0.1, 0.15) is 6.42 Å². The van der Waals surface area contributed by atoms with E-state index in [1.54, 1.807) is 0 Å². The summed E-state index contributed by atoms with van der Waals surface area (Å²) in [6.07, 6.45) is 0.0300. The Bertz CT molecular complexity index is 178. The molecule has 2 saturated heterocycles.